The van der Waals surface area contributed by atoms with Gasteiger partial charge in [-0.1, -0.05) is 18.2 Å². The van der Waals surface area contributed by atoms with Crippen LogP contribution in [0.15, 0.2) is 54.0 Å². The molecule has 2 aromatic rings. The molecule has 1 fully saturated rings. The maximum absolute atomic E-state index is 12.9. The summed E-state index contributed by atoms with van der Waals surface area (Å²) < 4.78 is 0. The van der Waals surface area contributed by atoms with Gasteiger partial charge in [0, 0.05) is 51.4 Å². The molecular weight excluding hydrogens is 344 g/mol. The molecule has 0 atom stereocenters. The van der Waals surface area contributed by atoms with Crippen molar-refractivity contribution in [2.24, 2.45) is 5.10 Å². The third kappa shape index (κ3) is 3.64. The standard InChI is InChI=1S/C19H20N6O2/c26-18-7-6-16(22-25(18)15-4-2-1-3-5-15)19(27)24-12-10-23(11-13-24)17-14-20-8-9-21-17/h1-5,8-9,14H,6-7,10-13H2. The van der Waals surface area contributed by atoms with E-state index >= 15 is 0 Å². The highest BCUT2D eigenvalue weighted by Crippen LogP contribution is 2.21. The van der Waals surface area contributed by atoms with Crippen LogP contribution >= 0.6 is 0 Å². The summed E-state index contributed by atoms with van der Waals surface area (Å²) in [5.41, 5.74) is 1.12. The lowest BCUT2D eigenvalue weighted by Crippen LogP contribution is -2.51. The van der Waals surface area contributed by atoms with E-state index in [9.17, 15) is 9.59 Å². The van der Waals surface area contributed by atoms with E-state index < -0.39 is 0 Å². The lowest BCUT2D eigenvalue weighted by Gasteiger charge is -2.36. The first-order valence-electron chi connectivity index (χ1n) is 8.98. The second-order valence-electron chi connectivity index (χ2n) is 6.43. The van der Waals surface area contributed by atoms with Gasteiger partial charge in [0.05, 0.1) is 11.9 Å². The molecule has 0 N–H and O–H groups in total. The third-order valence-corrected chi connectivity index (χ3v) is 4.72. The first-order valence-corrected chi connectivity index (χ1v) is 8.98. The average molecular weight is 364 g/mol. The summed E-state index contributed by atoms with van der Waals surface area (Å²) in [7, 11) is 0. The molecule has 1 aromatic carbocycles. The number of carbonyl (C=O) groups excluding carboxylic acids is 2. The zero-order chi connectivity index (χ0) is 18.6. The van der Waals surface area contributed by atoms with Gasteiger partial charge in [-0.3, -0.25) is 14.6 Å². The molecule has 2 amide bonds. The van der Waals surface area contributed by atoms with Crippen LogP contribution in [-0.4, -0.2) is 58.6 Å². The first-order chi connectivity index (χ1) is 13.2. The minimum Gasteiger partial charge on any atom is -0.352 e. The molecule has 1 aromatic heterocycles. The Labute approximate surface area is 157 Å². The minimum absolute atomic E-state index is 0.0924. The Bertz CT molecular complexity index is 847. The Balaban J connectivity index is 1.44. The number of piperazine rings is 1. The van der Waals surface area contributed by atoms with E-state index in [0.717, 1.165) is 5.82 Å². The first kappa shape index (κ1) is 17.1. The summed E-state index contributed by atoms with van der Waals surface area (Å²) in [4.78, 5) is 37.4. The molecule has 2 aliphatic heterocycles. The predicted molar refractivity (Wildman–Crippen MR) is 101 cm³/mol. The van der Waals surface area contributed by atoms with Gasteiger partial charge < -0.3 is 9.80 Å². The summed E-state index contributed by atoms with van der Waals surface area (Å²) >= 11 is 0. The minimum atomic E-state index is -0.0952. The van der Waals surface area contributed by atoms with Gasteiger partial charge in [-0.15, -0.1) is 0 Å². The van der Waals surface area contributed by atoms with Crippen molar-refractivity contribution in [3.63, 3.8) is 0 Å². The molecule has 0 saturated carbocycles. The van der Waals surface area contributed by atoms with E-state index in [4.69, 9.17) is 0 Å². The van der Waals surface area contributed by atoms with Crippen molar-refractivity contribution in [3.8, 4) is 0 Å². The van der Waals surface area contributed by atoms with Crippen LogP contribution < -0.4 is 9.91 Å². The largest absolute Gasteiger partial charge is 0.352 e. The molecule has 0 aliphatic carbocycles. The lowest BCUT2D eigenvalue weighted by atomic mass is 10.1. The SMILES string of the molecule is O=C(C1=NN(c2ccccc2)C(=O)CC1)N1CCN(c2cnccn2)CC1. The molecule has 0 radical (unpaired) electrons. The van der Waals surface area contributed by atoms with E-state index in [1.54, 1.807) is 23.5 Å². The van der Waals surface area contributed by atoms with Crippen molar-refractivity contribution in [1.29, 1.82) is 0 Å². The van der Waals surface area contributed by atoms with E-state index in [0.29, 0.717) is 50.4 Å². The molecule has 138 valence electrons. The Morgan fingerprint density at radius 2 is 1.74 bits per heavy atom. The number of hydrazone groups is 1. The molecule has 4 rings (SSSR count). The molecule has 27 heavy (non-hydrogen) atoms. The molecular formula is C19H20N6O2. The maximum Gasteiger partial charge on any atom is 0.270 e. The van der Waals surface area contributed by atoms with Gasteiger partial charge in [-0.25, -0.2) is 9.99 Å². The van der Waals surface area contributed by atoms with Crippen molar-refractivity contribution in [3.05, 3.63) is 48.9 Å². The summed E-state index contributed by atoms with van der Waals surface area (Å²) in [6.07, 6.45) is 5.71. The number of hydrogen-bond donors (Lipinski definition) is 0. The summed E-state index contributed by atoms with van der Waals surface area (Å²) in [5, 5.41) is 5.70. The molecule has 0 bridgehead atoms. The highest BCUT2D eigenvalue weighted by atomic mass is 16.2. The summed E-state index contributed by atoms with van der Waals surface area (Å²) in [6, 6.07) is 9.20. The molecule has 8 nitrogen and oxygen atoms in total. The van der Waals surface area contributed by atoms with Gasteiger partial charge in [-0.2, -0.15) is 5.10 Å². The van der Waals surface area contributed by atoms with E-state index in [-0.39, 0.29) is 11.8 Å². The van der Waals surface area contributed by atoms with Gasteiger partial charge in [0.15, 0.2) is 0 Å². The highest BCUT2D eigenvalue weighted by Gasteiger charge is 2.30. The molecule has 0 spiro atoms. The second kappa shape index (κ2) is 7.53. The zero-order valence-electron chi connectivity index (χ0n) is 14.9. The van der Waals surface area contributed by atoms with Crippen LogP contribution in [0.2, 0.25) is 0 Å². The van der Waals surface area contributed by atoms with E-state index in [1.807, 2.05) is 30.3 Å². The smallest absolute Gasteiger partial charge is 0.270 e. The highest BCUT2D eigenvalue weighted by molar-refractivity contribution is 6.40. The Morgan fingerprint density at radius 3 is 2.44 bits per heavy atom. The monoisotopic (exact) mass is 364 g/mol. The number of para-hydroxylation sites is 1. The molecule has 3 heterocycles. The van der Waals surface area contributed by atoms with Gasteiger partial charge >= 0.3 is 0 Å². The summed E-state index contributed by atoms with van der Waals surface area (Å²) in [6.45, 7) is 2.57. The quantitative estimate of drug-likeness (QED) is 0.820. The summed E-state index contributed by atoms with van der Waals surface area (Å²) in [5.74, 6) is 0.632. The van der Waals surface area contributed by atoms with E-state index in [1.165, 1.54) is 5.01 Å². The molecule has 0 unspecified atom stereocenters. The number of anilines is 2. The zero-order valence-corrected chi connectivity index (χ0v) is 14.9. The lowest BCUT2D eigenvalue weighted by molar-refractivity contribution is -0.124. The Morgan fingerprint density at radius 1 is 0.963 bits per heavy atom. The van der Waals surface area contributed by atoms with Crippen LogP contribution in [0.25, 0.3) is 0 Å². The number of amides is 2. The van der Waals surface area contributed by atoms with Crippen molar-refractivity contribution in [2.45, 2.75) is 12.8 Å². The Kier molecular flexibility index (Phi) is 4.78. The van der Waals surface area contributed by atoms with Crippen LogP contribution in [0.4, 0.5) is 11.5 Å². The van der Waals surface area contributed by atoms with Gasteiger partial charge in [0.2, 0.25) is 5.91 Å². The maximum atomic E-state index is 12.9. The second-order valence-corrected chi connectivity index (χ2v) is 6.43. The van der Waals surface area contributed by atoms with E-state index in [2.05, 4.69) is 20.0 Å². The molecule has 1 saturated heterocycles. The molecule has 2 aliphatic rings. The van der Waals surface area contributed by atoms with Crippen LogP contribution in [0.5, 0.6) is 0 Å². The van der Waals surface area contributed by atoms with Crippen molar-refractivity contribution in [2.75, 3.05) is 36.1 Å². The van der Waals surface area contributed by atoms with Gasteiger partial charge in [0.1, 0.15) is 11.5 Å². The van der Waals surface area contributed by atoms with Crippen LogP contribution in [0.3, 0.4) is 0 Å². The number of nitrogens with zero attached hydrogens (tertiary/aromatic N) is 6. The van der Waals surface area contributed by atoms with Crippen molar-refractivity contribution in [1.82, 2.24) is 14.9 Å². The number of hydrogen-bond acceptors (Lipinski definition) is 6. The fourth-order valence-corrected chi connectivity index (χ4v) is 3.25. The third-order valence-electron chi connectivity index (χ3n) is 4.72. The Hall–Kier alpha value is -3.29. The number of benzene rings is 1. The topological polar surface area (TPSA) is 82.0 Å². The van der Waals surface area contributed by atoms with Crippen molar-refractivity contribution >= 4 is 29.0 Å². The van der Waals surface area contributed by atoms with Crippen LogP contribution in [0, 0.1) is 0 Å². The number of aromatic nitrogens is 2. The number of carbonyl (C=O) groups is 2. The number of rotatable bonds is 3. The molecule has 8 heteroatoms. The van der Waals surface area contributed by atoms with Crippen molar-refractivity contribution < 1.29 is 9.59 Å². The predicted octanol–water partition coefficient (Wildman–Crippen LogP) is 1.31. The van der Waals surface area contributed by atoms with Crippen LogP contribution in [-0.2, 0) is 9.59 Å². The van der Waals surface area contributed by atoms with Gasteiger partial charge in [0.25, 0.3) is 5.91 Å². The van der Waals surface area contributed by atoms with Crippen LogP contribution in [0.1, 0.15) is 12.8 Å². The fourth-order valence-electron chi connectivity index (χ4n) is 3.25. The fraction of sp³-hybridized carbons (Fsp3) is 0.316. The van der Waals surface area contributed by atoms with Gasteiger partial charge in [-0.05, 0) is 12.1 Å². The average Bonchev–Trinajstić information content (AvgIpc) is 2.75. The normalized spacial score (nSPS) is 17.7.